The first-order chi connectivity index (χ1) is 13.0. The normalized spacial score (nSPS) is 17.2. The van der Waals surface area contributed by atoms with Crippen molar-refractivity contribution in [3.8, 4) is 0 Å². The van der Waals surface area contributed by atoms with Crippen molar-refractivity contribution in [2.24, 2.45) is 0 Å². The third-order valence-corrected chi connectivity index (χ3v) is 4.68. The van der Waals surface area contributed by atoms with Crippen LogP contribution >= 0.6 is 0 Å². The molecule has 0 saturated heterocycles. The van der Waals surface area contributed by atoms with E-state index in [4.69, 9.17) is 0 Å². The van der Waals surface area contributed by atoms with Crippen molar-refractivity contribution in [2.45, 2.75) is 44.8 Å². The fourth-order valence-electron chi connectivity index (χ4n) is 3.50. The first-order valence-electron chi connectivity index (χ1n) is 8.59. The number of nitrogens with one attached hydrogen (secondary N) is 1. The highest BCUT2D eigenvalue weighted by Crippen LogP contribution is 2.37. The molecule has 5 nitrogen and oxygen atoms in total. The van der Waals surface area contributed by atoms with Crippen molar-refractivity contribution in [3.05, 3.63) is 52.5 Å². The average Bonchev–Trinajstić information content (AvgIpc) is 3.16. The van der Waals surface area contributed by atoms with Gasteiger partial charge in [0.25, 0.3) is 5.78 Å². The summed E-state index contributed by atoms with van der Waals surface area (Å²) in [5, 5.41) is 6.95. The highest BCUT2D eigenvalue weighted by molar-refractivity contribution is 5.49. The van der Waals surface area contributed by atoms with Crippen molar-refractivity contribution >= 4 is 11.6 Å². The lowest BCUT2D eigenvalue weighted by atomic mass is 10.0. The van der Waals surface area contributed by atoms with Crippen LogP contribution in [0.5, 0.6) is 0 Å². The maximum atomic E-state index is 13.6. The molecule has 28 heavy (non-hydrogen) atoms. The van der Waals surface area contributed by atoms with Gasteiger partial charge in [0.1, 0.15) is 5.82 Å². The molecule has 1 N–H and O–H groups in total. The van der Waals surface area contributed by atoms with E-state index in [1.54, 1.807) is 19.1 Å². The fraction of sp³-hybridized carbons (Fsp3) is 0.389. The van der Waals surface area contributed by atoms with Crippen molar-refractivity contribution in [3.63, 3.8) is 0 Å². The number of rotatable bonds is 3. The zero-order chi connectivity index (χ0) is 20.3. The predicted molar refractivity (Wildman–Crippen MR) is 91.3 cm³/mol. The smallest absolute Gasteiger partial charge is 0.366 e. The van der Waals surface area contributed by atoms with Gasteiger partial charge in [0.05, 0.1) is 5.56 Å². The van der Waals surface area contributed by atoms with E-state index in [0.29, 0.717) is 30.4 Å². The molecule has 1 unspecified atom stereocenters. The third kappa shape index (κ3) is 3.27. The van der Waals surface area contributed by atoms with Gasteiger partial charge in [-0.2, -0.15) is 31.5 Å². The molecule has 0 fully saturated rings. The zero-order valence-corrected chi connectivity index (χ0v) is 15.0. The van der Waals surface area contributed by atoms with Crippen molar-refractivity contribution in [1.82, 2.24) is 19.6 Å². The number of nitrogens with zero attached hydrogens (tertiary/aromatic N) is 4. The number of hydrogen-bond acceptors (Lipinski definition) is 4. The number of fused-ring (bicyclic) bond motifs is 2. The summed E-state index contributed by atoms with van der Waals surface area (Å²) < 4.78 is 68.1. The average molecular weight is 397 g/mol. The second-order valence-electron chi connectivity index (χ2n) is 7.01. The van der Waals surface area contributed by atoms with Crippen LogP contribution in [0.4, 0.5) is 27.8 Å². The van der Waals surface area contributed by atoms with Crippen molar-refractivity contribution in [2.75, 3.05) is 5.32 Å². The molecule has 1 aliphatic carbocycles. The van der Waals surface area contributed by atoms with E-state index in [1.807, 2.05) is 0 Å². The highest BCUT2D eigenvalue weighted by Gasteiger charge is 2.37. The lowest BCUT2D eigenvalue weighted by molar-refractivity contribution is -0.138. The number of halogens is 5. The molecule has 1 aliphatic rings. The minimum absolute atomic E-state index is 0.00511. The van der Waals surface area contributed by atoms with Gasteiger partial charge >= 0.3 is 12.1 Å². The van der Waals surface area contributed by atoms with Gasteiger partial charge in [0.15, 0.2) is 0 Å². The van der Waals surface area contributed by atoms with Crippen LogP contribution in [0.25, 0.3) is 5.78 Å². The molecule has 3 aromatic rings. The number of aryl methyl sites for hydroxylation is 1. The van der Waals surface area contributed by atoms with E-state index < -0.39 is 23.5 Å². The Morgan fingerprint density at radius 1 is 1.11 bits per heavy atom. The fourth-order valence-corrected chi connectivity index (χ4v) is 3.50. The van der Waals surface area contributed by atoms with Gasteiger partial charge in [-0.1, -0.05) is 12.1 Å². The molecule has 4 rings (SSSR count). The molecule has 0 spiro atoms. The molecule has 0 radical (unpaired) electrons. The summed E-state index contributed by atoms with van der Waals surface area (Å²) in [5.74, 6) is -3.53. The van der Waals surface area contributed by atoms with Crippen LogP contribution in [0.2, 0.25) is 0 Å². The first kappa shape index (κ1) is 18.6. The van der Waals surface area contributed by atoms with Crippen LogP contribution in [0.3, 0.4) is 0 Å². The maximum absolute atomic E-state index is 13.6. The SMILES string of the molecule is Cc1cc(NC2Cc3cccc(C(F)(F)F)c3C2)n2nc(C(C)(F)F)nc2n1. The second kappa shape index (κ2) is 6.11. The van der Waals surface area contributed by atoms with Crippen LogP contribution in [0, 0.1) is 6.92 Å². The van der Waals surface area contributed by atoms with Gasteiger partial charge < -0.3 is 5.32 Å². The molecule has 1 atom stereocenters. The molecular weight excluding hydrogens is 381 g/mol. The maximum Gasteiger partial charge on any atom is 0.416 e. The van der Waals surface area contributed by atoms with Crippen LogP contribution in [-0.4, -0.2) is 25.6 Å². The quantitative estimate of drug-likeness (QED) is 0.675. The van der Waals surface area contributed by atoms with Gasteiger partial charge in [-0.3, -0.25) is 0 Å². The largest absolute Gasteiger partial charge is 0.416 e. The summed E-state index contributed by atoms with van der Waals surface area (Å²) >= 11 is 0. The number of anilines is 1. The topological polar surface area (TPSA) is 55.1 Å². The standard InChI is InChI=1S/C18H16F5N5/c1-9-6-14(28-16(24-9)26-15(27-28)17(2,19)20)25-11-7-10-4-3-5-13(12(10)8-11)18(21,22)23/h3-6,11,25H,7-8H2,1-2H3. The molecule has 2 aromatic heterocycles. The minimum atomic E-state index is -4.42. The summed E-state index contributed by atoms with van der Waals surface area (Å²) in [6.07, 6.45) is -3.87. The van der Waals surface area contributed by atoms with E-state index in [2.05, 4.69) is 20.4 Å². The van der Waals surface area contributed by atoms with Crippen LogP contribution < -0.4 is 5.32 Å². The lowest BCUT2D eigenvalue weighted by Gasteiger charge is -2.15. The number of hydrogen-bond donors (Lipinski definition) is 1. The van der Waals surface area contributed by atoms with Gasteiger partial charge in [-0.05, 0) is 37.0 Å². The Morgan fingerprint density at radius 3 is 2.54 bits per heavy atom. The van der Waals surface area contributed by atoms with E-state index in [9.17, 15) is 22.0 Å². The molecule has 1 aromatic carbocycles. The van der Waals surface area contributed by atoms with Crippen molar-refractivity contribution in [1.29, 1.82) is 0 Å². The van der Waals surface area contributed by atoms with E-state index in [0.717, 1.165) is 10.6 Å². The molecule has 0 saturated carbocycles. The molecule has 0 amide bonds. The Balaban J connectivity index is 1.67. The first-order valence-corrected chi connectivity index (χ1v) is 8.59. The van der Waals surface area contributed by atoms with Crippen LogP contribution in [0.15, 0.2) is 24.3 Å². The van der Waals surface area contributed by atoms with Gasteiger partial charge in [-0.25, -0.2) is 4.98 Å². The Kier molecular flexibility index (Phi) is 4.06. The number of aromatic nitrogens is 4. The Morgan fingerprint density at radius 2 is 1.86 bits per heavy atom. The van der Waals surface area contributed by atoms with Crippen LogP contribution in [-0.2, 0) is 24.9 Å². The van der Waals surface area contributed by atoms with E-state index >= 15 is 0 Å². The van der Waals surface area contributed by atoms with Crippen molar-refractivity contribution < 1.29 is 22.0 Å². The Labute approximate surface area is 156 Å². The summed E-state index contributed by atoms with van der Waals surface area (Å²) in [6.45, 7) is 2.36. The monoisotopic (exact) mass is 397 g/mol. The Hall–Kier alpha value is -2.78. The molecule has 148 valence electrons. The zero-order valence-electron chi connectivity index (χ0n) is 15.0. The summed E-state index contributed by atoms with van der Waals surface area (Å²) in [4.78, 5) is 7.87. The van der Waals surface area contributed by atoms with E-state index in [-0.39, 0.29) is 23.8 Å². The summed E-state index contributed by atoms with van der Waals surface area (Å²) in [5.41, 5.74) is 0.765. The molecular formula is C18H16F5N5. The summed E-state index contributed by atoms with van der Waals surface area (Å²) in [6, 6.07) is 5.41. The number of alkyl halides is 5. The molecule has 10 heteroatoms. The predicted octanol–water partition coefficient (Wildman–Crippen LogP) is 4.14. The third-order valence-electron chi connectivity index (χ3n) is 4.68. The summed E-state index contributed by atoms with van der Waals surface area (Å²) in [7, 11) is 0. The van der Waals surface area contributed by atoms with Crippen LogP contribution in [0.1, 0.15) is 35.1 Å². The highest BCUT2D eigenvalue weighted by atomic mass is 19.4. The van der Waals surface area contributed by atoms with Gasteiger partial charge in [-0.15, -0.1) is 5.10 Å². The molecule has 0 aliphatic heterocycles. The number of benzene rings is 1. The minimum Gasteiger partial charge on any atom is -0.366 e. The van der Waals surface area contributed by atoms with Gasteiger partial charge in [0.2, 0.25) is 5.82 Å². The van der Waals surface area contributed by atoms with Gasteiger partial charge in [0, 0.05) is 24.7 Å². The second-order valence-corrected chi connectivity index (χ2v) is 7.01. The molecule has 2 heterocycles. The Bertz CT molecular complexity index is 1050. The molecule has 0 bridgehead atoms. The van der Waals surface area contributed by atoms with E-state index in [1.165, 1.54) is 6.07 Å². The lowest BCUT2D eigenvalue weighted by Crippen LogP contribution is -2.22.